The number of hydrogen-bond acceptors (Lipinski definition) is 3. The lowest BCUT2D eigenvalue weighted by atomic mass is 10.2. The van der Waals surface area contributed by atoms with Gasteiger partial charge in [0.25, 0.3) is 0 Å². The summed E-state index contributed by atoms with van der Waals surface area (Å²) in [7, 11) is 0. The highest BCUT2D eigenvalue weighted by Crippen LogP contribution is 2.21. The Balaban J connectivity index is 2.12. The Morgan fingerprint density at radius 3 is 2.56 bits per heavy atom. The van der Waals surface area contributed by atoms with Gasteiger partial charge in [0.05, 0.1) is 5.69 Å². The van der Waals surface area contributed by atoms with Crippen molar-refractivity contribution in [1.82, 2.24) is 19.7 Å². The average molecular weight is 450 g/mol. The van der Waals surface area contributed by atoms with Crippen molar-refractivity contribution in [3.05, 3.63) is 68.5 Å². The molecule has 0 saturated carbocycles. The van der Waals surface area contributed by atoms with Crippen LogP contribution in [0.4, 0.5) is 0 Å². The Labute approximate surface area is 169 Å². The molecule has 140 valence electrons. The molecule has 0 spiro atoms. The lowest BCUT2D eigenvalue weighted by Gasteiger charge is -2.09. The maximum Gasteiger partial charge on any atom is 0.351 e. The van der Waals surface area contributed by atoms with Crippen LogP contribution in [0.1, 0.15) is 13.8 Å². The van der Waals surface area contributed by atoms with E-state index in [4.69, 9.17) is 11.6 Å². The minimum absolute atomic E-state index is 0.0238. The van der Waals surface area contributed by atoms with Crippen molar-refractivity contribution in [2.75, 3.05) is 0 Å². The van der Waals surface area contributed by atoms with E-state index in [0.717, 1.165) is 4.47 Å². The van der Waals surface area contributed by atoms with Gasteiger partial charge < -0.3 is 5.32 Å². The second-order valence-corrected chi connectivity index (χ2v) is 7.67. The van der Waals surface area contributed by atoms with Crippen molar-refractivity contribution >= 4 is 33.4 Å². The second kappa shape index (κ2) is 8.10. The Kier molecular flexibility index (Phi) is 5.82. The van der Waals surface area contributed by atoms with Gasteiger partial charge in [-0.25, -0.2) is 4.79 Å². The summed E-state index contributed by atoms with van der Waals surface area (Å²) in [6, 6.07) is 14.2. The fourth-order valence-electron chi connectivity index (χ4n) is 2.64. The highest BCUT2D eigenvalue weighted by Gasteiger charge is 2.19. The summed E-state index contributed by atoms with van der Waals surface area (Å²) < 4.78 is 3.53. The monoisotopic (exact) mass is 448 g/mol. The molecule has 0 atom stereocenters. The molecule has 2 aromatic carbocycles. The molecular formula is C19H18BrClN4O2. The number of hydrogen-bond donors (Lipinski definition) is 1. The van der Waals surface area contributed by atoms with E-state index in [9.17, 15) is 9.59 Å². The molecule has 1 heterocycles. The average Bonchev–Trinajstić information content (AvgIpc) is 2.92. The van der Waals surface area contributed by atoms with Crippen LogP contribution in [-0.4, -0.2) is 26.3 Å². The topological polar surface area (TPSA) is 68.9 Å². The minimum Gasteiger partial charge on any atom is -0.352 e. The van der Waals surface area contributed by atoms with Gasteiger partial charge in [0.1, 0.15) is 6.54 Å². The molecule has 27 heavy (non-hydrogen) atoms. The largest absolute Gasteiger partial charge is 0.352 e. The van der Waals surface area contributed by atoms with E-state index in [1.807, 2.05) is 26.0 Å². The molecule has 1 amide bonds. The third-order valence-corrected chi connectivity index (χ3v) is 4.53. The molecule has 0 bridgehead atoms. The summed E-state index contributed by atoms with van der Waals surface area (Å²) in [5, 5.41) is 7.79. The molecule has 3 aromatic rings. The molecule has 0 aliphatic heterocycles. The van der Waals surface area contributed by atoms with Gasteiger partial charge in [-0.15, -0.1) is 5.10 Å². The number of nitrogens with zero attached hydrogens (tertiary/aromatic N) is 3. The first-order valence-electron chi connectivity index (χ1n) is 8.36. The quantitative estimate of drug-likeness (QED) is 0.646. The molecule has 0 unspecified atom stereocenters. The summed E-state index contributed by atoms with van der Waals surface area (Å²) in [5.74, 6) is 0.120. The van der Waals surface area contributed by atoms with Crippen LogP contribution in [0.5, 0.6) is 0 Å². The van der Waals surface area contributed by atoms with Crippen molar-refractivity contribution in [3.63, 3.8) is 0 Å². The van der Waals surface area contributed by atoms with E-state index < -0.39 is 5.69 Å². The molecule has 1 aromatic heterocycles. The standard InChI is InChI=1S/C19H18BrClN4O2/c1-12(2)22-17(26)11-24-18(13-4-3-5-15(21)10-13)23-25(19(24)27)16-8-6-14(20)7-9-16/h3-10,12H,11H2,1-2H3,(H,22,26). The van der Waals surface area contributed by atoms with E-state index in [1.54, 1.807) is 36.4 Å². The maximum atomic E-state index is 13.0. The Bertz CT molecular complexity index is 1020. The van der Waals surface area contributed by atoms with E-state index in [0.29, 0.717) is 22.1 Å². The van der Waals surface area contributed by atoms with Gasteiger partial charge in [-0.05, 0) is 50.2 Å². The zero-order valence-electron chi connectivity index (χ0n) is 14.8. The van der Waals surface area contributed by atoms with Crippen molar-refractivity contribution in [1.29, 1.82) is 0 Å². The van der Waals surface area contributed by atoms with E-state index in [1.165, 1.54) is 9.25 Å². The maximum absolute atomic E-state index is 13.0. The van der Waals surface area contributed by atoms with Gasteiger partial charge >= 0.3 is 5.69 Å². The fourth-order valence-corrected chi connectivity index (χ4v) is 3.10. The molecule has 3 rings (SSSR count). The first-order chi connectivity index (χ1) is 12.8. The number of halogens is 2. The lowest BCUT2D eigenvalue weighted by Crippen LogP contribution is -2.36. The van der Waals surface area contributed by atoms with Gasteiger partial charge in [0.15, 0.2) is 5.82 Å². The van der Waals surface area contributed by atoms with Gasteiger partial charge in [-0.3, -0.25) is 9.36 Å². The number of aromatic nitrogens is 3. The van der Waals surface area contributed by atoms with Crippen LogP contribution in [0, 0.1) is 0 Å². The molecule has 6 nitrogen and oxygen atoms in total. The van der Waals surface area contributed by atoms with Crippen molar-refractivity contribution in [3.8, 4) is 17.1 Å². The number of carbonyl (C=O) groups is 1. The first-order valence-corrected chi connectivity index (χ1v) is 9.53. The predicted octanol–water partition coefficient (Wildman–Crippen LogP) is 3.64. The van der Waals surface area contributed by atoms with Crippen LogP contribution in [0.15, 0.2) is 57.8 Å². The Morgan fingerprint density at radius 2 is 1.93 bits per heavy atom. The first kappa shape index (κ1) is 19.4. The summed E-state index contributed by atoms with van der Waals surface area (Å²) in [6.07, 6.45) is 0. The minimum atomic E-state index is -0.397. The van der Waals surface area contributed by atoms with Crippen LogP contribution in [0.25, 0.3) is 17.1 Å². The van der Waals surface area contributed by atoms with E-state index in [-0.39, 0.29) is 18.5 Å². The van der Waals surface area contributed by atoms with E-state index in [2.05, 4.69) is 26.3 Å². The van der Waals surface area contributed by atoms with Crippen molar-refractivity contribution in [2.45, 2.75) is 26.4 Å². The smallest absolute Gasteiger partial charge is 0.351 e. The third kappa shape index (κ3) is 4.48. The predicted molar refractivity (Wildman–Crippen MR) is 109 cm³/mol. The number of amides is 1. The van der Waals surface area contributed by atoms with Crippen LogP contribution < -0.4 is 11.0 Å². The van der Waals surface area contributed by atoms with Crippen LogP contribution in [-0.2, 0) is 11.3 Å². The highest BCUT2D eigenvalue weighted by atomic mass is 79.9. The Morgan fingerprint density at radius 1 is 1.22 bits per heavy atom. The van der Waals surface area contributed by atoms with Crippen molar-refractivity contribution in [2.24, 2.45) is 0 Å². The summed E-state index contributed by atoms with van der Waals surface area (Å²) in [5.41, 5.74) is 0.869. The number of benzene rings is 2. The highest BCUT2D eigenvalue weighted by molar-refractivity contribution is 9.10. The van der Waals surface area contributed by atoms with Crippen molar-refractivity contribution < 1.29 is 4.79 Å². The molecule has 0 radical (unpaired) electrons. The van der Waals surface area contributed by atoms with Crippen LogP contribution in [0.3, 0.4) is 0 Å². The normalized spacial score (nSPS) is 11.0. The zero-order valence-corrected chi connectivity index (χ0v) is 17.2. The summed E-state index contributed by atoms with van der Waals surface area (Å²) in [6.45, 7) is 3.60. The molecule has 1 N–H and O–H groups in total. The van der Waals surface area contributed by atoms with Gasteiger partial charge in [0.2, 0.25) is 5.91 Å². The summed E-state index contributed by atoms with van der Waals surface area (Å²) in [4.78, 5) is 25.3. The van der Waals surface area contributed by atoms with Gasteiger partial charge in [-0.1, -0.05) is 39.7 Å². The number of rotatable bonds is 5. The fraction of sp³-hybridized carbons (Fsp3) is 0.211. The summed E-state index contributed by atoms with van der Waals surface area (Å²) >= 11 is 9.47. The van der Waals surface area contributed by atoms with Gasteiger partial charge in [-0.2, -0.15) is 4.68 Å². The molecule has 0 aliphatic rings. The molecule has 8 heteroatoms. The van der Waals surface area contributed by atoms with Gasteiger partial charge in [0, 0.05) is 21.1 Å². The molecule has 0 aliphatic carbocycles. The Hall–Kier alpha value is -2.38. The zero-order chi connectivity index (χ0) is 19.6. The lowest BCUT2D eigenvalue weighted by molar-refractivity contribution is -0.122. The molecule has 0 fully saturated rings. The number of carbonyl (C=O) groups excluding carboxylic acids is 1. The third-order valence-electron chi connectivity index (χ3n) is 3.77. The second-order valence-electron chi connectivity index (χ2n) is 6.31. The van der Waals surface area contributed by atoms with E-state index >= 15 is 0 Å². The molecule has 0 saturated heterocycles. The van der Waals surface area contributed by atoms with Crippen LogP contribution in [0.2, 0.25) is 5.02 Å². The van der Waals surface area contributed by atoms with Crippen LogP contribution >= 0.6 is 27.5 Å². The SMILES string of the molecule is CC(C)NC(=O)Cn1c(-c2cccc(Cl)c2)nn(-c2ccc(Br)cc2)c1=O. The number of nitrogens with one attached hydrogen (secondary N) is 1. The molecular weight excluding hydrogens is 432 g/mol.